The third-order valence-corrected chi connectivity index (χ3v) is 3.75. The van der Waals surface area contributed by atoms with Crippen LogP contribution in [0, 0.1) is 0 Å². The Balaban J connectivity index is 2.15. The Hall–Kier alpha value is -2.21. The van der Waals surface area contributed by atoms with E-state index in [1.807, 2.05) is 34.2 Å². The van der Waals surface area contributed by atoms with Gasteiger partial charge in [0.05, 0.1) is 26.1 Å². The summed E-state index contributed by atoms with van der Waals surface area (Å²) in [5.41, 5.74) is 7.78. The number of benzene rings is 1. The molecule has 0 atom stereocenters. The van der Waals surface area contributed by atoms with Gasteiger partial charge in [0.15, 0.2) is 16.5 Å². The Bertz CT molecular complexity index is 733. The van der Waals surface area contributed by atoms with E-state index in [9.17, 15) is 0 Å². The summed E-state index contributed by atoms with van der Waals surface area (Å²) < 4.78 is 12.5. The van der Waals surface area contributed by atoms with E-state index < -0.39 is 0 Å². The minimum absolute atomic E-state index is 0.522. The van der Waals surface area contributed by atoms with Crippen LogP contribution in [0.3, 0.4) is 0 Å². The van der Waals surface area contributed by atoms with Gasteiger partial charge in [-0.2, -0.15) is 0 Å². The van der Waals surface area contributed by atoms with Crippen LogP contribution >= 0.6 is 11.3 Å². The number of fused-ring (bicyclic) bond motifs is 1. The quantitative estimate of drug-likeness (QED) is 0.798. The molecule has 2 N–H and O–H groups in total. The Morgan fingerprint density at radius 2 is 2.00 bits per heavy atom. The van der Waals surface area contributed by atoms with Gasteiger partial charge in [0, 0.05) is 10.9 Å². The molecule has 0 amide bonds. The van der Waals surface area contributed by atoms with E-state index in [1.54, 1.807) is 25.6 Å². The average Bonchev–Trinajstić information content (AvgIpc) is 2.96. The van der Waals surface area contributed by atoms with Crippen LogP contribution in [0.2, 0.25) is 0 Å². The first-order valence-corrected chi connectivity index (χ1v) is 6.55. The summed E-state index contributed by atoms with van der Waals surface area (Å²) in [6.07, 6.45) is 1.82. The number of aromatic nitrogens is 2. The molecular formula is C13H13N3O2S. The molecule has 0 aliphatic heterocycles. The number of hydrogen-bond acceptors (Lipinski definition) is 5. The number of hydrogen-bond donors (Lipinski definition) is 1. The first kappa shape index (κ1) is 11.9. The molecule has 3 rings (SSSR count). The highest BCUT2D eigenvalue weighted by Gasteiger charge is 2.11. The zero-order valence-corrected chi connectivity index (χ0v) is 11.4. The lowest BCUT2D eigenvalue weighted by molar-refractivity contribution is 0.355. The fourth-order valence-electron chi connectivity index (χ4n) is 2.00. The van der Waals surface area contributed by atoms with Crippen molar-refractivity contribution < 1.29 is 9.47 Å². The fraction of sp³-hybridized carbons (Fsp3) is 0.154. The Morgan fingerprint density at radius 3 is 2.74 bits per heavy atom. The van der Waals surface area contributed by atoms with Crippen LogP contribution in [0.25, 0.3) is 16.2 Å². The zero-order chi connectivity index (χ0) is 13.4. The minimum Gasteiger partial charge on any atom is -0.493 e. The van der Waals surface area contributed by atoms with Gasteiger partial charge in [-0.25, -0.2) is 4.98 Å². The smallest absolute Gasteiger partial charge is 0.196 e. The zero-order valence-electron chi connectivity index (χ0n) is 10.6. The molecule has 2 heterocycles. The molecule has 0 aliphatic rings. The van der Waals surface area contributed by atoms with E-state index in [0.717, 1.165) is 16.2 Å². The Kier molecular flexibility index (Phi) is 2.79. The molecule has 3 aromatic rings. The molecule has 98 valence electrons. The number of nitrogens with zero attached hydrogens (tertiary/aromatic N) is 2. The number of anilines is 1. The van der Waals surface area contributed by atoms with Gasteiger partial charge in [-0.15, -0.1) is 11.3 Å². The maximum Gasteiger partial charge on any atom is 0.196 e. The van der Waals surface area contributed by atoms with Crippen LogP contribution < -0.4 is 15.2 Å². The van der Waals surface area contributed by atoms with E-state index in [4.69, 9.17) is 15.2 Å². The number of thiazole rings is 1. The molecule has 0 bridgehead atoms. The van der Waals surface area contributed by atoms with Crippen molar-refractivity contribution in [2.75, 3.05) is 20.0 Å². The lowest BCUT2D eigenvalue weighted by Crippen LogP contribution is -1.91. The van der Waals surface area contributed by atoms with Crippen LogP contribution in [-0.4, -0.2) is 23.6 Å². The maximum atomic E-state index is 5.71. The highest BCUT2D eigenvalue weighted by atomic mass is 32.1. The molecule has 19 heavy (non-hydrogen) atoms. The van der Waals surface area contributed by atoms with Crippen LogP contribution in [0.15, 0.2) is 29.8 Å². The average molecular weight is 275 g/mol. The van der Waals surface area contributed by atoms with Crippen LogP contribution in [0.1, 0.15) is 0 Å². The normalized spacial score (nSPS) is 10.8. The Morgan fingerprint density at radius 1 is 1.21 bits per heavy atom. The number of nitrogen functional groups attached to an aromatic ring is 1. The van der Waals surface area contributed by atoms with Gasteiger partial charge in [-0.1, -0.05) is 0 Å². The maximum absolute atomic E-state index is 5.71. The Labute approximate surface area is 114 Å². The fourth-order valence-corrected chi connectivity index (χ4v) is 2.89. The molecular weight excluding hydrogens is 262 g/mol. The molecule has 2 aromatic heterocycles. The van der Waals surface area contributed by atoms with Gasteiger partial charge in [0.2, 0.25) is 0 Å². The first-order chi connectivity index (χ1) is 9.22. The second-order valence-electron chi connectivity index (χ2n) is 4.01. The summed E-state index contributed by atoms with van der Waals surface area (Å²) in [6.45, 7) is 0. The first-order valence-electron chi connectivity index (χ1n) is 5.67. The van der Waals surface area contributed by atoms with Gasteiger partial charge in [-0.3, -0.25) is 4.40 Å². The topological polar surface area (TPSA) is 61.8 Å². The minimum atomic E-state index is 0.522. The number of rotatable bonds is 3. The second kappa shape index (κ2) is 4.47. The van der Waals surface area contributed by atoms with Crippen LogP contribution in [0.5, 0.6) is 11.5 Å². The van der Waals surface area contributed by atoms with Gasteiger partial charge in [0.1, 0.15) is 5.82 Å². The molecule has 0 saturated carbocycles. The number of nitrogens with two attached hydrogens (primary N) is 1. The summed E-state index contributed by atoms with van der Waals surface area (Å²) in [4.78, 5) is 5.12. The van der Waals surface area contributed by atoms with Gasteiger partial charge in [-0.05, 0) is 18.2 Å². The highest BCUT2D eigenvalue weighted by Crippen LogP contribution is 2.34. The molecule has 6 heteroatoms. The molecule has 0 fully saturated rings. The molecule has 5 nitrogen and oxygen atoms in total. The molecule has 0 radical (unpaired) electrons. The monoisotopic (exact) mass is 275 g/mol. The molecule has 0 aliphatic carbocycles. The standard InChI is InChI=1S/C13H13N3O2S/c1-17-10-4-3-8(5-11(10)18-2)9-7-19-13-15-12(14)6-16(9)13/h3-7H,14H2,1-2H3. The number of ether oxygens (including phenoxy) is 2. The molecule has 0 unspecified atom stereocenters. The van der Waals surface area contributed by atoms with Crippen molar-refractivity contribution in [3.8, 4) is 22.8 Å². The van der Waals surface area contributed by atoms with E-state index in [1.165, 1.54) is 0 Å². The van der Waals surface area contributed by atoms with Crippen molar-refractivity contribution in [1.82, 2.24) is 9.38 Å². The summed E-state index contributed by atoms with van der Waals surface area (Å²) >= 11 is 1.55. The number of methoxy groups -OCH3 is 2. The van der Waals surface area contributed by atoms with Crippen molar-refractivity contribution in [1.29, 1.82) is 0 Å². The second-order valence-corrected chi connectivity index (χ2v) is 4.85. The van der Waals surface area contributed by atoms with Crippen molar-refractivity contribution in [2.24, 2.45) is 0 Å². The van der Waals surface area contributed by atoms with Crippen molar-refractivity contribution in [3.05, 3.63) is 29.8 Å². The van der Waals surface area contributed by atoms with E-state index in [2.05, 4.69) is 4.98 Å². The predicted octanol–water partition coefficient (Wildman–Crippen LogP) is 2.66. The number of imidazole rings is 1. The summed E-state index contributed by atoms with van der Waals surface area (Å²) in [5.74, 6) is 1.93. The SMILES string of the molecule is COc1ccc(-c2csc3nc(N)cn23)cc1OC. The predicted molar refractivity (Wildman–Crippen MR) is 76.0 cm³/mol. The van der Waals surface area contributed by atoms with E-state index >= 15 is 0 Å². The van der Waals surface area contributed by atoms with Gasteiger partial charge < -0.3 is 15.2 Å². The van der Waals surface area contributed by atoms with Crippen molar-refractivity contribution in [2.45, 2.75) is 0 Å². The van der Waals surface area contributed by atoms with Crippen LogP contribution in [-0.2, 0) is 0 Å². The molecule has 0 saturated heterocycles. The van der Waals surface area contributed by atoms with Gasteiger partial charge >= 0.3 is 0 Å². The highest BCUT2D eigenvalue weighted by molar-refractivity contribution is 7.15. The van der Waals surface area contributed by atoms with E-state index in [-0.39, 0.29) is 0 Å². The third kappa shape index (κ3) is 1.90. The van der Waals surface area contributed by atoms with Crippen molar-refractivity contribution in [3.63, 3.8) is 0 Å². The van der Waals surface area contributed by atoms with Crippen LogP contribution in [0.4, 0.5) is 5.82 Å². The van der Waals surface area contributed by atoms with Crippen molar-refractivity contribution >= 4 is 22.1 Å². The third-order valence-electron chi connectivity index (χ3n) is 2.91. The summed E-state index contributed by atoms with van der Waals surface area (Å²) in [5, 5.41) is 2.04. The summed E-state index contributed by atoms with van der Waals surface area (Å²) in [6, 6.07) is 5.81. The van der Waals surface area contributed by atoms with Gasteiger partial charge in [0.25, 0.3) is 0 Å². The summed E-state index contributed by atoms with van der Waals surface area (Å²) in [7, 11) is 3.25. The lowest BCUT2D eigenvalue weighted by atomic mass is 10.1. The van der Waals surface area contributed by atoms with E-state index in [0.29, 0.717) is 17.3 Å². The lowest BCUT2D eigenvalue weighted by Gasteiger charge is -2.09. The largest absolute Gasteiger partial charge is 0.493 e. The molecule has 1 aromatic carbocycles. The molecule has 0 spiro atoms.